The zero-order valence-electron chi connectivity index (χ0n) is 13.6. The van der Waals surface area contributed by atoms with Gasteiger partial charge in [0.2, 0.25) is 5.76 Å². The maximum atomic E-state index is 12.2. The highest BCUT2D eigenvalue weighted by atomic mass is 16.6. The Hall–Kier alpha value is -2.83. The van der Waals surface area contributed by atoms with E-state index in [9.17, 15) is 4.79 Å². The van der Waals surface area contributed by atoms with Crippen LogP contribution in [0.5, 0.6) is 0 Å². The molecular weight excluding hydrogens is 308 g/mol. The number of allylic oxidation sites excluding steroid dienone is 1. The molecule has 2 aromatic rings. The third kappa shape index (κ3) is 3.92. The van der Waals surface area contributed by atoms with Crippen molar-refractivity contribution >= 4 is 5.91 Å². The van der Waals surface area contributed by atoms with Crippen molar-refractivity contribution in [2.24, 2.45) is 0 Å². The number of nitrogens with zero attached hydrogens (tertiary/aromatic N) is 3. The van der Waals surface area contributed by atoms with Crippen LogP contribution in [0.4, 0.5) is 0 Å². The fourth-order valence-corrected chi connectivity index (χ4v) is 2.47. The van der Waals surface area contributed by atoms with Crippen LogP contribution >= 0.6 is 0 Å². The van der Waals surface area contributed by atoms with Crippen molar-refractivity contribution in [1.29, 1.82) is 0 Å². The van der Waals surface area contributed by atoms with Crippen molar-refractivity contribution in [3.8, 4) is 0 Å². The first-order valence-corrected chi connectivity index (χ1v) is 7.89. The van der Waals surface area contributed by atoms with Crippen molar-refractivity contribution < 1.29 is 14.3 Å². The number of rotatable bonds is 6. The summed E-state index contributed by atoms with van der Waals surface area (Å²) in [6.45, 7) is 3.61. The van der Waals surface area contributed by atoms with Gasteiger partial charge in [0.25, 0.3) is 5.91 Å². The van der Waals surface area contributed by atoms with Gasteiger partial charge >= 0.3 is 0 Å². The first-order chi connectivity index (χ1) is 11.7. The summed E-state index contributed by atoms with van der Waals surface area (Å²) in [6.07, 6.45) is 2.55. The second-order valence-corrected chi connectivity index (χ2v) is 5.44. The van der Waals surface area contributed by atoms with Gasteiger partial charge < -0.3 is 19.4 Å². The van der Waals surface area contributed by atoms with Crippen molar-refractivity contribution in [2.75, 3.05) is 13.2 Å². The Morgan fingerprint density at radius 3 is 2.83 bits per heavy atom. The molecule has 24 heavy (non-hydrogen) atoms. The lowest BCUT2D eigenvalue weighted by molar-refractivity contribution is -0.122. The van der Waals surface area contributed by atoms with E-state index in [1.165, 1.54) is 5.56 Å². The normalized spacial score (nSPS) is 14.0. The molecule has 3 rings (SSSR count). The molecule has 0 saturated heterocycles. The zero-order valence-corrected chi connectivity index (χ0v) is 13.6. The molecule has 1 aliphatic rings. The lowest BCUT2D eigenvalue weighted by atomic mass is 10.1. The van der Waals surface area contributed by atoms with Gasteiger partial charge in [0.1, 0.15) is 25.3 Å². The molecule has 1 amide bonds. The van der Waals surface area contributed by atoms with E-state index in [1.807, 2.05) is 22.8 Å². The number of hydrogen-bond donors (Lipinski definition) is 1. The molecule has 1 aliphatic heterocycles. The molecule has 0 radical (unpaired) electrons. The summed E-state index contributed by atoms with van der Waals surface area (Å²) in [5, 5.41) is 10.8. The molecule has 7 nitrogen and oxygen atoms in total. The van der Waals surface area contributed by atoms with Crippen LogP contribution in [-0.4, -0.2) is 33.9 Å². The topological polar surface area (TPSA) is 78.3 Å². The van der Waals surface area contributed by atoms with Crippen LogP contribution in [0.25, 0.3) is 0 Å². The molecule has 0 fully saturated rings. The number of carbonyl (C=O) groups excluding carboxylic acids is 1. The first kappa shape index (κ1) is 16.0. The molecule has 2 heterocycles. The summed E-state index contributed by atoms with van der Waals surface area (Å²) < 4.78 is 12.6. The molecule has 0 saturated carbocycles. The summed E-state index contributed by atoms with van der Waals surface area (Å²) >= 11 is 0. The van der Waals surface area contributed by atoms with Gasteiger partial charge in [-0.2, -0.15) is 0 Å². The van der Waals surface area contributed by atoms with Crippen LogP contribution < -0.4 is 5.32 Å². The van der Waals surface area contributed by atoms with E-state index in [0.29, 0.717) is 24.8 Å². The number of amides is 1. The van der Waals surface area contributed by atoms with E-state index in [4.69, 9.17) is 9.47 Å². The number of benzene rings is 1. The van der Waals surface area contributed by atoms with Crippen molar-refractivity contribution in [3.63, 3.8) is 0 Å². The number of aromatic nitrogens is 3. The highest BCUT2D eigenvalue weighted by Crippen LogP contribution is 2.13. The SMILES string of the molecule is CC1=C(C(=O)NCc2nncn2CCc2ccccc2)OCCO1. The van der Waals surface area contributed by atoms with Gasteiger partial charge in [-0.05, 0) is 18.9 Å². The molecule has 7 heteroatoms. The molecule has 0 unspecified atom stereocenters. The van der Waals surface area contributed by atoms with Crippen LogP contribution in [0.15, 0.2) is 48.2 Å². The van der Waals surface area contributed by atoms with E-state index >= 15 is 0 Å². The molecule has 0 spiro atoms. The summed E-state index contributed by atoms with van der Waals surface area (Å²) in [5.74, 6) is 1.14. The smallest absolute Gasteiger partial charge is 0.290 e. The average Bonchev–Trinajstić information content (AvgIpc) is 3.06. The Balaban J connectivity index is 1.56. The minimum absolute atomic E-state index is 0.233. The molecular formula is C17H20N4O3. The second kappa shape index (κ2) is 7.63. The molecule has 126 valence electrons. The monoisotopic (exact) mass is 328 g/mol. The number of nitrogens with one attached hydrogen (secondary N) is 1. The minimum atomic E-state index is -0.301. The Bertz CT molecular complexity index is 724. The second-order valence-electron chi connectivity index (χ2n) is 5.44. The first-order valence-electron chi connectivity index (χ1n) is 7.89. The van der Waals surface area contributed by atoms with Crippen LogP contribution in [0.2, 0.25) is 0 Å². The van der Waals surface area contributed by atoms with Crippen LogP contribution in [0.1, 0.15) is 18.3 Å². The summed E-state index contributed by atoms with van der Waals surface area (Å²) in [5.41, 5.74) is 1.25. The van der Waals surface area contributed by atoms with Crippen molar-refractivity contribution in [1.82, 2.24) is 20.1 Å². The van der Waals surface area contributed by atoms with Gasteiger partial charge in [0, 0.05) is 6.54 Å². The zero-order chi connectivity index (χ0) is 16.8. The maximum absolute atomic E-state index is 12.2. The highest BCUT2D eigenvalue weighted by Gasteiger charge is 2.20. The third-order valence-electron chi connectivity index (χ3n) is 3.76. The number of carbonyl (C=O) groups is 1. The Morgan fingerprint density at radius 2 is 2.04 bits per heavy atom. The van der Waals surface area contributed by atoms with Gasteiger partial charge in [0.15, 0.2) is 5.82 Å². The molecule has 0 bridgehead atoms. The van der Waals surface area contributed by atoms with Crippen molar-refractivity contribution in [3.05, 3.63) is 59.6 Å². The standard InChI is InChI=1S/C17H20N4O3/c1-13-16(24-10-9-23-13)17(22)18-11-15-20-19-12-21(15)8-7-14-5-3-2-4-6-14/h2-6,12H,7-11H2,1H3,(H,18,22). The fourth-order valence-electron chi connectivity index (χ4n) is 2.47. The quantitative estimate of drug-likeness (QED) is 0.867. The predicted octanol–water partition coefficient (Wildman–Crippen LogP) is 1.42. The molecule has 1 N–H and O–H groups in total. The predicted molar refractivity (Wildman–Crippen MR) is 86.6 cm³/mol. The van der Waals surface area contributed by atoms with E-state index < -0.39 is 0 Å². The number of hydrogen-bond acceptors (Lipinski definition) is 5. The largest absolute Gasteiger partial charge is 0.491 e. The van der Waals surface area contributed by atoms with Gasteiger partial charge in [0.05, 0.1) is 6.54 Å². The van der Waals surface area contributed by atoms with Gasteiger partial charge in [-0.15, -0.1) is 10.2 Å². The third-order valence-corrected chi connectivity index (χ3v) is 3.76. The van der Waals surface area contributed by atoms with Gasteiger partial charge in [-0.1, -0.05) is 30.3 Å². The van der Waals surface area contributed by atoms with Crippen molar-refractivity contribution in [2.45, 2.75) is 26.4 Å². The molecule has 1 aromatic carbocycles. The molecule has 0 aliphatic carbocycles. The summed E-state index contributed by atoms with van der Waals surface area (Å²) in [6, 6.07) is 10.2. The van der Waals surface area contributed by atoms with Gasteiger partial charge in [-0.25, -0.2) is 0 Å². The molecule has 0 atom stereocenters. The van der Waals surface area contributed by atoms with E-state index in [-0.39, 0.29) is 18.2 Å². The van der Waals surface area contributed by atoms with Crippen LogP contribution in [-0.2, 0) is 33.8 Å². The highest BCUT2D eigenvalue weighted by molar-refractivity contribution is 5.91. The lowest BCUT2D eigenvalue weighted by Gasteiger charge is -2.19. The summed E-state index contributed by atoms with van der Waals surface area (Å²) in [4.78, 5) is 12.2. The lowest BCUT2D eigenvalue weighted by Crippen LogP contribution is -2.30. The van der Waals surface area contributed by atoms with Gasteiger partial charge in [-0.3, -0.25) is 4.79 Å². The Morgan fingerprint density at radius 1 is 1.25 bits per heavy atom. The maximum Gasteiger partial charge on any atom is 0.290 e. The van der Waals surface area contributed by atoms with Crippen LogP contribution in [0.3, 0.4) is 0 Å². The average molecular weight is 328 g/mol. The Kier molecular flexibility index (Phi) is 5.10. The number of ether oxygens (including phenoxy) is 2. The minimum Gasteiger partial charge on any atom is -0.491 e. The number of aryl methyl sites for hydroxylation is 2. The Labute approximate surface area is 140 Å². The summed E-state index contributed by atoms with van der Waals surface area (Å²) in [7, 11) is 0. The van der Waals surface area contributed by atoms with E-state index in [2.05, 4.69) is 27.6 Å². The molecule has 1 aromatic heterocycles. The van der Waals surface area contributed by atoms with E-state index in [1.54, 1.807) is 13.3 Å². The van der Waals surface area contributed by atoms with Crippen LogP contribution in [0, 0.1) is 0 Å². The fraction of sp³-hybridized carbons (Fsp3) is 0.353. The van der Waals surface area contributed by atoms with E-state index in [0.717, 1.165) is 13.0 Å².